The van der Waals surface area contributed by atoms with Gasteiger partial charge in [0.2, 0.25) is 0 Å². The van der Waals surface area contributed by atoms with E-state index in [4.69, 9.17) is 18.0 Å². The fourth-order valence-electron chi connectivity index (χ4n) is 2.37. The number of hydrogen-bond acceptors (Lipinski definition) is 3. The number of thioether (sulfide) groups is 1. The van der Waals surface area contributed by atoms with Gasteiger partial charge in [-0.05, 0) is 36.9 Å². The van der Waals surface area contributed by atoms with E-state index in [9.17, 15) is 0 Å². The standard InChI is InChI=1S/C17H20N2S2/c1-3-19(13-9-6-5-7-10-13)14-11-8-12-15(21-4-2)16(14)17(18)20/h5-12H,3-4H2,1-2H3,(H2,18,20). The molecule has 0 amide bonds. The molecule has 0 heterocycles. The van der Waals surface area contributed by atoms with Crippen LogP contribution in [0.3, 0.4) is 0 Å². The fraction of sp³-hybridized carbons (Fsp3) is 0.235. The number of nitrogens with zero attached hydrogens (tertiary/aromatic N) is 1. The van der Waals surface area contributed by atoms with E-state index < -0.39 is 0 Å². The molecule has 4 heteroatoms. The van der Waals surface area contributed by atoms with E-state index in [2.05, 4.69) is 49.1 Å². The SMILES string of the molecule is CCSc1cccc(N(CC)c2ccccc2)c1C(N)=S. The molecule has 0 fully saturated rings. The first-order valence-electron chi connectivity index (χ1n) is 7.07. The zero-order valence-corrected chi connectivity index (χ0v) is 14.0. The number of nitrogens with two attached hydrogens (primary N) is 1. The lowest BCUT2D eigenvalue weighted by Gasteiger charge is -2.26. The molecule has 2 aromatic rings. The van der Waals surface area contributed by atoms with Crippen LogP contribution >= 0.6 is 24.0 Å². The first-order chi connectivity index (χ1) is 10.2. The summed E-state index contributed by atoms with van der Waals surface area (Å²) in [6.45, 7) is 5.13. The molecule has 2 aromatic carbocycles. The average Bonchev–Trinajstić information content (AvgIpc) is 2.49. The molecule has 0 unspecified atom stereocenters. The molecule has 0 aliphatic carbocycles. The highest BCUT2D eigenvalue weighted by atomic mass is 32.2. The van der Waals surface area contributed by atoms with Crippen molar-refractivity contribution in [2.24, 2.45) is 5.73 Å². The summed E-state index contributed by atoms with van der Waals surface area (Å²) in [5, 5.41) is 0. The predicted octanol–water partition coefficient (Wildman–Crippen LogP) is 4.59. The summed E-state index contributed by atoms with van der Waals surface area (Å²) < 4.78 is 0. The van der Waals surface area contributed by atoms with Gasteiger partial charge in [0.25, 0.3) is 0 Å². The minimum Gasteiger partial charge on any atom is -0.389 e. The molecule has 0 spiro atoms. The summed E-state index contributed by atoms with van der Waals surface area (Å²) in [6.07, 6.45) is 0. The molecular weight excluding hydrogens is 296 g/mol. The van der Waals surface area contributed by atoms with Crippen LogP contribution in [0.1, 0.15) is 19.4 Å². The Bertz CT molecular complexity index is 611. The summed E-state index contributed by atoms with van der Waals surface area (Å²) in [7, 11) is 0. The third-order valence-electron chi connectivity index (χ3n) is 3.23. The quantitative estimate of drug-likeness (QED) is 0.623. The van der Waals surface area contributed by atoms with Crippen LogP contribution in [0.5, 0.6) is 0 Å². The van der Waals surface area contributed by atoms with Crippen molar-refractivity contribution in [3.63, 3.8) is 0 Å². The minimum atomic E-state index is 0.455. The van der Waals surface area contributed by atoms with Crippen LogP contribution in [-0.4, -0.2) is 17.3 Å². The van der Waals surface area contributed by atoms with Gasteiger partial charge in [-0.2, -0.15) is 0 Å². The maximum Gasteiger partial charge on any atom is 0.107 e. The van der Waals surface area contributed by atoms with Crippen LogP contribution < -0.4 is 10.6 Å². The molecule has 0 saturated heterocycles. The van der Waals surface area contributed by atoms with Gasteiger partial charge in [0.15, 0.2) is 0 Å². The summed E-state index contributed by atoms with van der Waals surface area (Å²) in [5.74, 6) is 0.997. The Balaban J connectivity index is 2.56. The second-order valence-electron chi connectivity index (χ2n) is 4.53. The predicted molar refractivity (Wildman–Crippen MR) is 97.8 cm³/mol. The topological polar surface area (TPSA) is 29.3 Å². The summed E-state index contributed by atoms with van der Waals surface area (Å²) in [4.78, 5) is 3.85. The maximum absolute atomic E-state index is 6.01. The highest BCUT2D eigenvalue weighted by Crippen LogP contribution is 2.34. The number of anilines is 2. The lowest BCUT2D eigenvalue weighted by atomic mass is 10.1. The van der Waals surface area contributed by atoms with Gasteiger partial charge < -0.3 is 10.6 Å². The van der Waals surface area contributed by atoms with Crippen molar-refractivity contribution in [1.82, 2.24) is 0 Å². The van der Waals surface area contributed by atoms with E-state index >= 15 is 0 Å². The van der Waals surface area contributed by atoms with Crippen LogP contribution in [0, 0.1) is 0 Å². The molecule has 110 valence electrons. The summed E-state index contributed by atoms with van der Waals surface area (Å²) in [6, 6.07) is 16.6. The van der Waals surface area contributed by atoms with E-state index in [0.29, 0.717) is 4.99 Å². The molecular formula is C17H20N2S2. The first kappa shape index (κ1) is 15.9. The van der Waals surface area contributed by atoms with Gasteiger partial charge in [0.05, 0.1) is 5.69 Å². The number of rotatable bonds is 6. The van der Waals surface area contributed by atoms with Crippen LogP contribution in [0.25, 0.3) is 0 Å². The number of thiocarbonyl (C=S) groups is 1. The maximum atomic E-state index is 6.01. The van der Waals surface area contributed by atoms with Gasteiger partial charge in [-0.3, -0.25) is 0 Å². The Kier molecular flexibility index (Phi) is 5.65. The van der Waals surface area contributed by atoms with E-state index in [1.54, 1.807) is 11.8 Å². The van der Waals surface area contributed by atoms with Crippen molar-refractivity contribution in [3.8, 4) is 0 Å². The Morgan fingerprint density at radius 3 is 2.38 bits per heavy atom. The molecule has 2 nitrogen and oxygen atoms in total. The van der Waals surface area contributed by atoms with E-state index in [1.165, 1.54) is 0 Å². The molecule has 0 radical (unpaired) electrons. The molecule has 0 atom stereocenters. The molecule has 2 N–H and O–H groups in total. The van der Waals surface area contributed by atoms with Crippen molar-refractivity contribution >= 4 is 40.3 Å². The molecule has 0 aromatic heterocycles. The van der Waals surface area contributed by atoms with E-state index in [1.807, 2.05) is 18.2 Å². The third-order valence-corrected chi connectivity index (χ3v) is 4.37. The number of hydrogen-bond donors (Lipinski definition) is 1. The minimum absolute atomic E-state index is 0.455. The highest BCUT2D eigenvalue weighted by Gasteiger charge is 2.16. The molecule has 0 bridgehead atoms. The average molecular weight is 316 g/mol. The Morgan fingerprint density at radius 2 is 1.81 bits per heavy atom. The van der Waals surface area contributed by atoms with Crippen LogP contribution in [0.15, 0.2) is 53.4 Å². The molecule has 0 aliphatic rings. The lowest BCUT2D eigenvalue weighted by molar-refractivity contribution is 1.02. The normalized spacial score (nSPS) is 10.4. The van der Waals surface area contributed by atoms with E-state index in [-0.39, 0.29) is 0 Å². The molecule has 21 heavy (non-hydrogen) atoms. The number of para-hydroxylation sites is 1. The van der Waals surface area contributed by atoms with Gasteiger partial charge in [-0.25, -0.2) is 0 Å². The van der Waals surface area contributed by atoms with Crippen molar-refractivity contribution in [1.29, 1.82) is 0 Å². The Morgan fingerprint density at radius 1 is 1.10 bits per heavy atom. The van der Waals surface area contributed by atoms with Crippen molar-refractivity contribution in [3.05, 3.63) is 54.1 Å². The summed E-state index contributed by atoms with van der Waals surface area (Å²) >= 11 is 7.08. The first-order valence-corrected chi connectivity index (χ1v) is 8.46. The van der Waals surface area contributed by atoms with Crippen molar-refractivity contribution in [2.75, 3.05) is 17.2 Å². The monoisotopic (exact) mass is 316 g/mol. The van der Waals surface area contributed by atoms with Gasteiger partial charge >= 0.3 is 0 Å². The van der Waals surface area contributed by atoms with Gasteiger partial charge in [0.1, 0.15) is 4.99 Å². The van der Waals surface area contributed by atoms with Crippen LogP contribution in [0.4, 0.5) is 11.4 Å². The summed E-state index contributed by atoms with van der Waals surface area (Å²) in [5.41, 5.74) is 9.21. The second kappa shape index (κ2) is 7.48. The highest BCUT2D eigenvalue weighted by molar-refractivity contribution is 7.99. The lowest BCUT2D eigenvalue weighted by Crippen LogP contribution is -2.22. The van der Waals surface area contributed by atoms with Crippen molar-refractivity contribution in [2.45, 2.75) is 18.7 Å². The zero-order valence-electron chi connectivity index (χ0n) is 12.4. The number of benzene rings is 2. The Hall–Kier alpha value is -1.52. The Labute approximate surface area is 136 Å². The third kappa shape index (κ3) is 3.57. The molecule has 2 rings (SSSR count). The van der Waals surface area contributed by atoms with Crippen LogP contribution in [0.2, 0.25) is 0 Å². The zero-order chi connectivity index (χ0) is 15.2. The van der Waals surface area contributed by atoms with Gasteiger partial charge in [0, 0.05) is 22.7 Å². The van der Waals surface area contributed by atoms with E-state index in [0.717, 1.165) is 34.1 Å². The van der Waals surface area contributed by atoms with Crippen LogP contribution in [-0.2, 0) is 0 Å². The van der Waals surface area contributed by atoms with Crippen molar-refractivity contribution < 1.29 is 0 Å². The molecule has 0 aliphatic heterocycles. The largest absolute Gasteiger partial charge is 0.389 e. The fourth-order valence-corrected chi connectivity index (χ4v) is 3.49. The van der Waals surface area contributed by atoms with Gasteiger partial charge in [-0.1, -0.05) is 43.4 Å². The second-order valence-corrected chi connectivity index (χ2v) is 6.27. The molecule has 0 saturated carbocycles. The van der Waals surface area contributed by atoms with Gasteiger partial charge in [-0.15, -0.1) is 11.8 Å². The smallest absolute Gasteiger partial charge is 0.107 e.